The van der Waals surface area contributed by atoms with Crippen LogP contribution in [0.3, 0.4) is 0 Å². The maximum Gasteiger partial charge on any atom is 0.416 e. The van der Waals surface area contributed by atoms with E-state index in [1.165, 1.54) is 36.4 Å². The van der Waals surface area contributed by atoms with Crippen LogP contribution in [0.1, 0.15) is 23.5 Å². The minimum Gasteiger partial charge on any atom is -0.382 e. The summed E-state index contributed by atoms with van der Waals surface area (Å²) in [5, 5.41) is 13.8. The third-order valence-electron chi connectivity index (χ3n) is 5.53. The van der Waals surface area contributed by atoms with Crippen molar-refractivity contribution in [3.63, 3.8) is 0 Å². The number of ketones is 1. The molecule has 0 bridgehead atoms. The van der Waals surface area contributed by atoms with Crippen LogP contribution in [0.5, 0.6) is 0 Å². The summed E-state index contributed by atoms with van der Waals surface area (Å²) >= 11 is 5.84. The molecule has 0 amide bonds. The van der Waals surface area contributed by atoms with E-state index >= 15 is 0 Å². The molecule has 1 unspecified atom stereocenters. The van der Waals surface area contributed by atoms with Crippen molar-refractivity contribution >= 4 is 17.4 Å². The van der Waals surface area contributed by atoms with E-state index in [9.17, 15) is 41.0 Å². The molecular formula is C23H21ClF6N4O3. The Morgan fingerprint density at radius 1 is 1.08 bits per heavy atom. The van der Waals surface area contributed by atoms with Gasteiger partial charge in [0.15, 0.2) is 17.7 Å². The van der Waals surface area contributed by atoms with Gasteiger partial charge in [0, 0.05) is 22.9 Å². The Balaban J connectivity index is 1.89. The fourth-order valence-electron chi connectivity index (χ4n) is 3.61. The van der Waals surface area contributed by atoms with Crippen LogP contribution in [-0.4, -0.2) is 44.1 Å². The summed E-state index contributed by atoms with van der Waals surface area (Å²) in [6.45, 7) is -2.03. The van der Waals surface area contributed by atoms with E-state index in [4.69, 9.17) is 17.3 Å². The number of carbonyl (C=O) groups excluding carboxylic acids is 1. The number of halogens is 7. The van der Waals surface area contributed by atoms with Crippen LogP contribution in [0, 0.1) is 0 Å². The van der Waals surface area contributed by atoms with Gasteiger partial charge in [0.25, 0.3) is 0 Å². The molecule has 14 heteroatoms. The van der Waals surface area contributed by atoms with Crippen molar-refractivity contribution in [1.82, 2.24) is 14.3 Å². The lowest BCUT2D eigenvalue weighted by atomic mass is 9.92. The summed E-state index contributed by atoms with van der Waals surface area (Å²) in [6, 6.07) is 9.94. The molecule has 0 saturated carbocycles. The quantitative estimate of drug-likeness (QED) is 0.392. The number of nitrogens with zero attached hydrogens (tertiary/aromatic N) is 3. The minimum atomic E-state index is -5.02. The molecule has 0 fully saturated rings. The van der Waals surface area contributed by atoms with Crippen LogP contribution in [0.4, 0.5) is 26.3 Å². The highest BCUT2D eigenvalue weighted by Gasteiger charge is 2.39. The van der Waals surface area contributed by atoms with Crippen LogP contribution < -0.4 is 11.4 Å². The van der Waals surface area contributed by atoms with Crippen LogP contribution in [0.25, 0.3) is 11.4 Å². The van der Waals surface area contributed by atoms with Gasteiger partial charge in [-0.25, -0.2) is 9.48 Å². The molecule has 0 spiro atoms. The Hall–Kier alpha value is -3.16. The van der Waals surface area contributed by atoms with Gasteiger partial charge in [-0.1, -0.05) is 29.8 Å². The first-order chi connectivity index (χ1) is 17.2. The van der Waals surface area contributed by atoms with Crippen LogP contribution in [0.2, 0.25) is 5.02 Å². The Kier molecular flexibility index (Phi) is 8.50. The minimum absolute atomic E-state index is 0.165. The van der Waals surface area contributed by atoms with E-state index in [1.54, 1.807) is 0 Å². The second-order valence-corrected chi connectivity index (χ2v) is 8.67. The van der Waals surface area contributed by atoms with E-state index in [0.29, 0.717) is 14.3 Å². The van der Waals surface area contributed by atoms with Gasteiger partial charge in [-0.2, -0.15) is 26.3 Å². The largest absolute Gasteiger partial charge is 0.416 e. The van der Waals surface area contributed by atoms with E-state index < -0.39 is 54.5 Å². The van der Waals surface area contributed by atoms with E-state index in [-0.39, 0.29) is 29.9 Å². The van der Waals surface area contributed by atoms with Gasteiger partial charge in [0.05, 0.1) is 12.1 Å². The van der Waals surface area contributed by atoms with Gasteiger partial charge >= 0.3 is 18.0 Å². The van der Waals surface area contributed by atoms with Gasteiger partial charge < -0.3 is 10.8 Å². The van der Waals surface area contributed by atoms with Crippen molar-refractivity contribution in [2.75, 3.05) is 6.54 Å². The fourth-order valence-corrected chi connectivity index (χ4v) is 3.74. The molecule has 1 aromatic heterocycles. The Morgan fingerprint density at radius 3 is 2.30 bits per heavy atom. The summed E-state index contributed by atoms with van der Waals surface area (Å²) in [5.41, 5.74) is 4.04. The van der Waals surface area contributed by atoms with Crippen LogP contribution in [0.15, 0.2) is 53.3 Å². The van der Waals surface area contributed by atoms with Crippen LogP contribution in [-0.2, 0) is 24.1 Å². The molecular weight excluding hydrogens is 530 g/mol. The number of benzene rings is 2. The summed E-state index contributed by atoms with van der Waals surface area (Å²) in [6.07, 6.45) is -12.8. The lowest BCUT2D eigenvalue weighted by Gasteiger charge is -2.16. The predicted molar refractivity (Wildman–Crippen MR) is 122 cm³/mol. The fraction of sp³-hybridized carbons (Fsp3) is 0.348. The van der Waals surface area contributed by atoms with Gasteiger partial charge in [-0.15, -0.1) is 5.10 Å². The number of aliphatic hydroxyl groups is 1. The molecule has 3 N–H and O–H groups in total. The van der Waals surface area contributed by atoms with Crippen molar-refractivity contribution in [2.45, 2.75) is 43.9 Å². The van der Waals surface area contributed by atoms with E-state index in [1.807, 2.05) is 0 Å². The smallest absolute Gasteiger partial charge is 0.382 e. The molecule has 2 atom stereocenters. The molecule has 2 aromatic carbocycles. The van der Waals surface area contributed by atoms with Gasteiger partial charge in [0.2, 0.25) is 0 Å². The third kappa shape index (κ3) is 6.99. The summed E-state index contributed by atoms with van der Waals surface area (Å²) in [4.78, 5) is 25.6. The number of aliphatic hydroxyl groups excluding tert-OH is 1. The first-order valence-electron chi connectivity index (χ1n) is 10.8. The van der Waals surface area contributed by atoms with Crippen molar-refractivity contribution < 1.29 is 36.2 Å². The number of Topliss-reactive ketones (excluding diaryl/α,β-unsaturated/α-hetero) is 1. The van der Waals surface area contributed by atoms with Crippen LogP contribution >= 0.6 is 11.6 Å². The number of carbonyl (C=O) groups is 1. The topological polar surface area (TPSA) is 103 Å². The molecule has 37 heavy (non-hydrogen) atoms. The normalized spacial score (nSPS) is 14.0. The SMILES string of the molecule is NCC(CC(=O)Cn1nc(-c2ccc(Cl)cc2)n(C[C@H](O)C(F)(F)F)c1=O)c1cccc(C(F)(F)F)c1. The highest BCUT2D eigenvalue weighted by molar-refractivity contribution is 6.30. The van der Waals surface area contributed by atoms with Crippen molar-refractivity contribution in [3.8, 4) is 11.4 Å². The van der Waals surface area contributed by atoms with Crippen molar-refractivity contribution in [3.05, 3.63) is 75.2 Å². The average molecular weight is 551 g/mol. The maximum absolute atomic E-state index is 13.1. The maximum atomic E-state index is 13.1. The number of alkyl halides is 6. The standard InChI is InChI=1S/C23H21ClF6N4O3/c24-17-6-4-13(5-7-17)20-32-34(21(37)33(20)12-19(36)23(28,29)30)11-18(35)9-15(10-31)14-2-1-3-16(8-14)22(25,26)27/h1-8,15,19,36H,9-12,31H2/t15?,19-/m0/s1. The molecule has 0 saturated heterocycles. The highest BCUT2D eigenvalue weighted by atomic mass is 35.5. The molecule has 7 nitrogen and oxygen atoms in total. The zero-order valence-electron chi connectivity index (χ0n) is 18.9. The Labute approximate surface area is 211 Å². The molecule has 3 aromatic rings. The molecule has 3 rings (SSSR count). The Morgan fingerprint density at radius 2 is 1.73 bits per heavy atom. The number of nitrogens with two attached hydrogens (primary N) is 1. The lowest BCUT2D eigenvalue weighted by Crippen LogP contribution is -2.37. The monoisotopic (exact) mass is 550 g/mol. The Bertz CT molecular complexity index is 1300. The number of hydrogen-bond acceptors (Lipinski definition) is 5. The van der Waals surface area contributed by atoms with Crippen molar-refractivity contribution in [1.29, 1.82) is 0 Å². The lowest BCUT2D eigenvalue weighted by molar-refractivity contribution is -0.207. The number of rotatable bonds is 9. The molecule has 200 valence electrons. The third-order valence-corrected chi connectivity index (χ3v) is 5.78. The second kappa shape index (κ2) is 11.1. The molecule has 0 aliphatic rings. The summed E-state index contributed by atoms with van der Waals surface area (Å²) < 4.78 is 79.3. The predicted octanol–water partition coefficient (Wildman–Crippen LogP) is 4.01. The molecule has 0 radical (unpaired) electrons. The summed E-state index contributed by atoms with van der Waals surface area (Å²) in [5.74, 6) is -1.69. The molecule has 0 aliphatic heterocycles. The number of hydrogen-bond donors (Lipinski definition) is 2. The van der Waals surface area contributed by atoms with E-state index in [0.717, 1.165) is 12.1 Å². The number of aromatic nitrogens is 3. The molecule has 1 heterocycles. The molecule has 0 aliphatic carbocycles. The van der Waals surface area contributed by atoms with E-state index in [2.05, 4.69) is 5.10 Å². The zero-order chi connectivity index (χ0) is 27.5. The first kappa shape index (κ1) is 28.4. The average Bonchev–Trinajstić information content (AvgIpc) is 3.11. The first-order valence-corrected chi connectivity index (χ1v) is 11.2. The highest BCUT2D eigenvalue weighted by Crippen LogP contribution is 2.32. The summed E-state index contributed by atoms with van der Waals surface area (Å²) in [7, 11) is 0. The van der Waals surface area contributed by atoms with Crippen molar-refractivity contribution in [2.24, 2.45) is 5.73 Å². The van der Waals surface area contributed by atoms with Gasteiger partial charge in [-0.3, -0.25) is 9.36 Å². The zero-order valence-corrected chi connectivity index (χ0v) is 19.7. The van der Waals surface area contributed by atoms with Gasteiger partial charge in [0.1, 0.15) is 6.54 Å². The van der Waals surface area contributed by atoms with Gasteiger partial charge in [-0.05, 0) is 42.4 Å². The second-order valence-electron chi connectivity index (χ2n) is 8.24.